The van der Waals surface area contributed by atoms with Crippen LogP contribution < -0.4 is 10.0 Å². The number of nitrogens with zero attached hydrogens (tertiary/aromatic N) is 1. The molecule has 1 aromatic rings. The maximum atomic E-state index is 12.8. The van der Waals surface area contributed by atoms with Crippen molar-refractivity contribution >= 4 is 32.1 Å². The molecule has 1 saturated carbocycles. The second kappa shape index (κ2) is 6.67. The van der Waals surface area contributed by atoms with Gasteiger partial charge >= 0.3 is 0 Å². The van der Waals surface area contributed by atoms with Gasteiger partial charge in [0.2, 0.25) is 10.0 Å². The largest absolute Gasteiger partial charge is 0.312 e. The summed E-state index contributed by atoms with van der Waals surface area (Å²) in [4.78, 5) is 4.32. The van der Waals surface area contributed by atoms with E-state index in [1.807, 2.05) is 13.8 Å². The first kappa shape index (κ1) is 17.7. The van der Waals surface area contributed by atoms with Gasteiger partial charge in [-0.1, -0.05) is 18.9 Å². The molecule has 1 fully saturated rings. The van der Waals surface area contributed by atoms with E-state index < -0.39 is 26.4 Å². The number of sulfonamides is 1. The van der Waals surface area contributed by atoms with Crippen molar-refractivity contribution in [3.05, 3.63) is 18.2 Å². The van der Waals surface area contributed by atoms with Crippen LogP contribution in [-0.4, -0.2) is 36.3 Å². The summed E-state index contributed by atoms with van der Waals surface area (Å²) in [5.74, 6) is 0. The molecule has 6 nitrogen and oxygen atoms in total. The molecule has 0 spiro atoms. The zero-order valence-corrected chi connectivity index (χ0v) is 15.5. The number of hydrogen-bond acceptors (Lipinski definition) is 5. The van der Waals surface area contributed by atoms with Gasteiger partial charge in [0.05, 0.1) is 26.9 Å². The molecule has 0 saturated heterocycles. The maximum absolute atomic E-state index is 12.8. The summed E-state index contributed by atoms with van der Waals surface area (Å²) < 4.78 is 40.4. The molecule has 1 unspecified atom stereocenters. The van der Waals surface area contributed by atoms with Crippen LogP contribution in [0.25, 0.3) is 0 Å². The molecule has 8 heteroatoms. The maximum Gasteiger partial charge on any atom is 0.242 e. The van der Waals surface area contributed by atoms with Crippen LogP contribution in [0, 0.1) is 0 Å². The van der Waals surface area contributed by atoms with E-state index in [9.17, 15) is 12.6 Å². The van der Waals surface area contributed by atoms with Gasteiger partial charge in [-0.25, -0.2) is 22.3 Å². The highest BCUT2D eigenvalue weighted by atomic mass is 32.2. The lowest BCUT2D eigenvalue weighted by molar-refractivity contribution is 0.387. The Morgan fingerprint density at radius 2 is 2.00 bits per heavy atom. The highest BCUT2D eigenvalue weighted by molar-refractivity contribution is 7.99. The molecule has 1 heterocycles. The van der Waals surface area contributed by atoms with Gasteiger partial charge in [-0.05, 0) is 38.8 Å². The normalized spacial score (nSPS) is 21.3. The van der Waals surface area contributed by atoms with Crippen LogP contribution >= 0.6 is 0 Å². The van der Waals surface area contributed by atoms with Gasteiger partial charge in [-0.3, -0.25) is 0 Å². The summed E-state index contributed by atoms with van der Waals surface area (Å²) in [6, 6.07) is 5.24. The summed E-state index contributed by atoms with van der Waals surface area (Å²) in [6.45, 7) is 4.25. The molecule has 3 rings (SSSR count). The fraction of sp³-hybridized carbons (Fsp3) is 0.562. The van der Waals surface area contributed by atoms with E-state index in [-0.39, 0.29) is 9.79 Å². The van der Waals surface area contributed by atoms with E-state index in [0.717, 1.165) is 12.8 Å². The number of nitrogens with one attached hydrogen (secondary N) is 2. The first-order valence-corrected chi connectivity index (χ1v) is 10.8. The lowest BCUT2D eigenvalue weighted by Crippen LogP contribution is -2.51. The Morgan fingerprint density at radius 1 is 1.29 bits per heavy atom. The van der Waals surface area contributed by atoms with Crippen LogP contribution in [0.4, 0.5) is 5.69 Å². The quantitative estimate of drug-likeness (QED) is 0.803. The molecule has 1 aromatic carbocycles. The Labute approximate surface area is 145 Å². The standard InChI is InChI=1S/C16H23N3O3S2/c1-16(2,10-17-12-6-3-4-7-12)19-24(21,22)14-9-5-8-13-15(14)23(20)11-18-13/h5,8-9,11-12,17,19H,3-4,6-7,10H2,1-2H3. The molecule has 1 aliphatic heterocycles. The monoisotopic (exact) mass is 369 g/mol. The van der Waals surface area contributed by atoms with Crippen LogP contribution in [0.2, 0.25) is 0 Å². The predicted octanol–water partition coefficient (Wildman–Crippen LogP) is 2.06. The Hall–Kier alpha value is -1.09. The molecular formula is C16H23N3O3S2. The van der Waals surface area contributed by atoms with Crippen molar-refractivity contribution in [3.63, 3.8) is 0 Å². The molecule has 1 aliphatic carbocycles. The van der Waals surface area contributed by atoms with E-state index in [4.69, 9.17) is 0 Å². The second-order valence-electron chi connectivity index (χ2n) is 6.99. The summed E-state index contributed by atoms with van der Waals surface area (Å²) >= 11 is 0. The van der Waals surface area contributed by atoms with Crippen molar-refractivity contribution in [2.24, 2.45) is 4.99 Å². The zero-order chi connectivity index (χ0) is 17.4. The lowest BCUT2D eigenvalue weighted by Gasteiger charge is -2.28. The third-order valence-electron chi connectivity index (χ3n) is 4.33. The third kappa shape index (κ3) is 3.77. The SMILES string of the molecule is CC(C)(CNC1CCCC1)NS(=O)(=O)c1cccc2c1S(=O)C=N2. The average Bonchev–Trinajstić information content (AvgIpc) is 3.14. The highest BCUT2D eigenvalue weighted by Gasteiger charge is 2.32. The Morgan fingerprint density at radius 3 is 2.71 bits per heavy atom. The second-order valence-corrected chi connectivity index (χ2v) is 9.85. The minimum Gasteiger partial charge on any atom is -0.312 e. The molecule has 2 aliphatic rings. The molecule has 0 amide bonds. The van der Waals surface area contributed by atoms with Crippen molar-refractivity contribution in [1.82, 2.24) is 10.0 Å². The lowest BCUT2D eigenvalue weighted by atomic mass is 10.1. The number of fused-ring (bicyclic) bond motifs is 1. The van der Waals surface area contributed by atoms with Crippen LogP contribution in [0.15, 0.2) is 33.0 Å². The smallest absolute Gasteiger partial charge is 0.242 e. The molecule has 132 valence electrons. The van der Waals surface area contributed by atoms with E-state index in [0.29, 0.717) is 18.3 Å². The van der Waals surface area contributed by atoms with Crippen molar-refractivity contribution in [2.75, 3.05) is 6.54 Å². The van der Waals surface area contributed by atoms with Gasteiger partial charge < -0.3 is 5.32 Å². The average molecular weight is 370 g/mol. The molecule has 24 heavy (non-hydrogen) atoms. The van der Waals surface area contributed by atoms with Crippen LogP contribution in [0.5, 0.6) is 0 Å². The predicted molar refractivity (Wildman–Crippen MR) is 95.7 cm³/mol. The Bertz CT molecular complexity index is 782. The molecule has 1 atom stereocenters. The fourth-order valence-corrected chi connectivity index (χ4v) is 6.16. The molecular weight excluding hydrogens is 346 g/mol. The van der Waals surface area contributed by atoms with Crippen molar-refractivity contribution in [3.8, 4) is 0 Å². The summed E-state index contributed by atoms with van der Waals surface area (Å²) in [6.07, 6.45) is 4.74. The Kier molecular flexibility index (Phi) is 4.92. The van der Waals surface area contributed by atoms with Gasteiger partial charge in [-0.15, -0.1) is 0 Å². The molecule has 0 bridgehead atoms. The summed E-state index contributed by atoms with van der Waals surface area (Å²) in [5.41, 5.74) is 1.08. The number of aliphatic imine (C=N–C) groups is 1. The van der Waals surface area contributed by atoms with E-state index >= 15 is 0 Å². The van der Waals surface area contributed by atoms with Crippen LogP contribution in [0.1, 0.15) is 39.5 Å². The van der Waals surface area contributed by atoms with Gasteiger partial charge in [-0.2, -0.15) is 0 Å². The first-order valence-electron chi connectivity index (χ1n) is 8.14. The molecule has 2 N–H and O–H groups in total. The van der Waals surface area contributed by atoms with E-state index in [1.54, 1.807) is 12.1 Å². The van der Waals surface area contributed by atoms with Gasteiger partial charge in [0.15, 0.2) is 0 Å². The number of hydrogen-bond donors (Lipinski definition) is 2. The minimum atomic E-state index is -3.78. The van der Waals surface area contributed by atoms with Crippen molar-refractivity contribution in [1.29, 1.82) is 0 Å². The van der Waals surface area contributed by atoms with Gasteiger partial charge in [0.25, 0.3) is 0 Å². The van der Waals surface area contributed by atoms with Gasteiger partial charge in [0.1, 0.15) is 4.90 Å². The first-order chi connectivity index (χ1) is 11.3. The third-order valence-corrected chi connectivity index (χ3v) is 7.33. The molecule has 0 radical (unpaired) electrons. The highest BCUT2D eigenvalue weighted by Crippen LogP contribution is 2.33. The molecule has 0 aromatic heterocycles. The van der Waals surface area contributed by atoms with Crippen molar-refractivity contribution in [2.45, 2.75) is 60.9 Å². The summed E-state index contributed by atoms with van der Waals surface area (Å²) in [5, 5.41) is 3.45. The fourth-order valence-electron chi connectivity index (χ4n) is 3.16. The van der Waals surface area contributed by atoms with E-state index in [2.05, 4.69) is 15.0 Å². The number of rotatable bonds is 6. The minimum absolute atomic E-state index is 0.0461. The topological polar surface area (TPSA) is 87.6 Å². The van der Waals surface area contributed by atoms with Crippen LogP contribution in [0.3, 0.4) is 0 Å². The summed E-state index contributed by atoms with van der Waals surface area (Å²) in [7, 11) is -5.30. The number of benzene rings is 1. The van der Waals surface area contributed by atoms with Crippen molar-refractivity contribution < 1.29 is 12.6 Å². The Balaban J connectivity index is 1.76. The van der Waals surface area contributed by atoms with Crippen LogP contribution in [-0.2, 0) is 20.8 Å². The van der Waals surface area contributed by atoms with E-state index in [1.165, 1.54) is 24.5 Å². The zero-order valence-electron chi connectivity index (χ0n) is 13.9. The van der Waals surface area contributed by atoms with Gasteiger partial charge in [0, 0.05) is 18.1 Å².